The van der Waals surface area contributed by atoms with Crippen molar-refractivity contribution in [2.24, 2.45) is 7.05 Å². The smallest absolute Gasteiger partial charge is 0.352 e. The van der Waals surface area contributed by atoms with E-state index in [9.17, 15) is 14.7 Å². The van der Waals surface area contributed by atoms with Gasteiger partial charge in [0.2, 0.25) is 5.91 Å². The first-order valence-corrected chi connectivity index (χ1v) is 9.97. The highest BCUT2D eigenvalue weighted by Gasteiger charge is 2.32. The molecule has 2 aliphatic heterocycles. The average Bonchev–Trinajstić information content (AvgIpc) is 3.26. The predicted octanol–water partition coefficient (Wildman–Crippen LogP) is 1.61. The van der Waals surface area contributed by atoms with Crippen molar-refractivity contribution in [1.29, 1.82) is 0 Å². The minimum atomic E-state index is -0.909. The summed E-state index contributed by atoms with van der Waals surface area (Å²) in [7, 11) is 3.85. The molecule has 0 bridgehead atoms. The van der Waals surface area contributed by atoms with Crippen LogP contribution in [0, 0.1) is 0 Å². The predicted molar refractivity (Wildman–Crippen MR) is 107 cm³/mol. The standard InChI is InChI=1S/C21H28N4O3/c1-22-8-4-7-17(22)20(26)25-11-9-24(10-12-25)14-16-6-3-5-15-13-18(21(27)28)23(2)19(15)16/h3,5-6,13,17H,4,7-12,14H2,1-2H3,(H,27,28). The van der Waals surface area contributed by atoms with Gasteiger partial charge in [0.1, 0.15) is 5.69 Å². The summed E-state index contributed by atoms with van der Waals surface area (Å²) in [5.74, 6) is -0.635. The number of carbonyl (C=O) groups excluding carboxylic acids is 1. The molecule has 1 unspecified atom stereocenters. The van der Waals surface area contributed by atoms with E-state index in [4.69, 9.17) is 0 Å². The number of hydrogen-bond donors (Lipinski definition) is 1. The fourth-order valence-corrected chi connectivity index (χ4v) is 4.63. The minimum Gasteiger partial charge on any atom is -0.477 e. The van der Waals surface area contributed by atoms with Gasteiger partial charge in [-0.2, -0.15) is 0 Å². The van der Waals surface area contributed by atoms with Crippen LogP contribution in [0.2, 0.25) is 0 Å². The SMILES string of the molecule is CN1CCCC1C(=O)N1CCN(Cc2cccc3cc(C(=O)O)n(C)c23)CC1. The topological polar surface area (TPSA) is 69.0 Å². The number of nitrogens with zero attached hydrogens (tertiary/aromatic N) is 4. The van der Waals surface area contributed by atoms with Crippen molar-refractivity contribution < 1.29 is 14.7 Å². The van der Waals surface area contributed by atoms with Gasteiger partial charge in [-0.3, -0.25) is 14.6 Å². The van der Waals surface area contributed by atoms with Crippen LogP contribution in [0.1, 0.15) is 28.9 Å². The highest BCUT2D eigenvalue weighted by molar-refractivity contribution is 5.95. The zero-order valence-corrected chi connectivity index (χ0v) is 16.6. The van der Waals surface area contributed by atoms with Gasteiger partial charge in [0, 0.05) is 45.2 Å². The normalized spacial score (nSPS) is 21.5. The highest BCUT2D eigenvalue weighted by atomic mass is 16.4. The Hall–Kier alpha value is -2.38. The quantitative estimate of drug-likeness (QED) is 0.868. The van der Waals surface area contributed by atoms with E-state index in [1.54, 1.807) is 10.6 Å². The summed E-state index contributed by atoms with van der Waals surface area (Å²) in [4.78, 5) is 30.8. The zero-order valence-electron chi connectivity index (χ0n) is 16.6. The lowest BCUT2D eigenvalue weighted by atomic mass is 10.1. The number of carbonyl (C=O) groups is 2. The second kappa shape index (κ2) is 7.56. The molecule has 4 rings (SSSR count). The number of aromatic nitrogens is 1. The van der Waals surface area contributed by atoms with Crippen molar-refractivity contribution in [3.05, 3.63) is 35.5 Å². The molecule has 2 saturated heterocycles. The van der Waals surface area contributed by atoms with Crippen molar-refractivity contribution in [2.45, 2.75) is 25.4 Å². The number of rotatable bonds is 4. The van der Waals surface area contributed by atoms with Gasteiger partial charge in [-0.15, -0.1) is 0 Å². The summed E-state index contributed by atoms with van der Waals surface area (Å²) in [5.41, 5.74) is 2.41. The molecule has 1 amide bonds. The molecule has 0 radical (unpaired) electrons. The largest absolute Gasteiger partial charge is 0.477 e. The second-order valence-corrected chi connectivity index (χ2v) is 7.99. The maximum Gasteiger partial charge on any atom is 0.352 e. The summed E-state index contributed by atoms with van der Waals surface area (Å²) >= 11 is 0. The van der Waals surface area contributed by atoms with E-state index in [2.05, 4.69) is 15.9 Å². The number of benzene rings is 1. The Morgan fingerprint density at radius 3 is 2.50 bits per heavy atom. The molecule has 0 aliphatic carbocycles. The summed E-state index contributed by atoms with van der Waals surface area (Å²) in [5, 5.41) is 10.4. The molecule has 150 valence electrons. The number of likely N-dealkylation sites (N-methyl/N-ethyl adjacent to an activating group) is 1. The summed E-state index contributed by atoms with van der Waals surface area (Å²) in [6.45, 7) is 4.97. The van der Waals surface area contributed by atoms with Crippen LogP contribution in [0.4, 0.5) is 0 Å². The van der Waals surface area contributed by atoms with Gasteiger partial charge in [0.05, 0.1) is 11.6 Å². The maximum atomic E-state index is 12.8. The Balaban J connectivity index is 1.44. The van der Waals surface area contributed by atoms with E-state index < -0.39 is 5.97 Å². The van der Waals surface area contributed by atoms with Crippen LogP contribution in [0.15, 0.2) is 24.3 Å². The van der Waals surface area contributed by atoms with Crippen LogP contribution in [0.25, 0.3) is 10.9 Å². The average molecular weight is 384 g/mol. The molecule has 7 nitrogen and oxygen atoms in total. The van der Waals surface area contributed by atoms with Gasteiger partial charge in [0.25, 0.3) is 0 Å². The van der Waals surface area contributed by atoms with E-state index in [0.717, 1.165) is 68.6 Å². The molecule has 3 heterocycles. The third-order valence-electron chi connectivity index (χ3n) is 6.24. The Morgan fingerprint density at radius 2 is 1.86 bits per heavy atom. The Labute approximate surface area is 165 Å². The van der Waals surface area contributed by atoms with Gasteiger partial charge in [-0.1, -0.05) is 18.2 Å². The number of fused-ring (bicyclic) bond motifs is 1. The third-order valence-corrected chi connectivity index (χ3v) is 6.24. The van der Waals surface area contributed by atoms with Gasteiger partial charge in [-0.05, 0) is 38.1 Å². The fraction of sp³-hybridized carbons (Fsp3) is 0.524. The van der Waals surface area contributed by atoms with E-state index in [1.807, 2.05) is 31.1 Å². The fourth-order valence-electron chi connectivity index (χ4n) is 4.63. The molecule has 0 spiro atoms. The zero-order chi connectivity index (χ0) is 19.8. The van der Waals surface area contributed by atoms with Crippen molar-refractivity contribution in [1.82, 2.24) is 19.3 Å². The second-order valence-electron chi connectivity index (χ2n) is 7.99. The van der Waals surface area contributed by atoms with E-state index in [1.165, 1.54) is 0 Å². The van der Waals surface area contributed by atoms with Crippen molar-refractivity contribution in [2.75, 3.05) is 39.8 Å². The van der Waals surface area contributed by atoms with Crippen LogP contribution < -0.4 is 0 Å². The number of carboxylic acids is 1. The molecule has 7 heteroatoms. The minimum absolute atomic E-state index is 0.0538. The first kappa shape index (κ1) is 19.0. The third kappa shape index (κ3) is 3.40. The van der Waals surface area contributed by atoms with E-state index in [-0.39, 0.29) is 11.9 Å². The molecule has 2 aliphatic rings. The van der Waals surface area contributed by atoms with Gasteiger partial charge >= 0.3 is 5.97 Å². The van der Waals surface area contributed by atoms with Crippen molar-refractivity contribution in [3.63, 3.8) is 0 Å². The van der Waals surface area contributed by atoms with Gasteiger partial charge in [-0.25, -0.2) is 4.79 Å². The van der Waals surface area contributed by atoms with Gasteiger partial charge < -0.3 is 14.6 Å². The number of aromatic carboxylic acids is 1. The molecule has 1 atom stereocenters. The van der Waals surface area contributed by atoms with Crippen LogP contribution in [0.3, 0.4) is 0 Å². The van der Waals surface area contributed by atoms with E-state index >= 15 is 0 Å². The number of aryl methyl sites for hydroxylation is 1. The molecule has 2 aromatic rings. The molecule has 0 saturated carbocycles. The maximum absolute atomic E-state index is 12.8. The Bertz CT molecular complexity index is 898. The number of para-hydroxylation sites is 1. The van der Waals surface area contributed by atoms with Crippen LogP contribution in [-0.2, 0) is 18.4 Å². The molecule has 1 aromatic heterocycles. The molecular formula is C21H28N4O3. The molecule has 1 aromatic carbocycles. The van der Waals surface area contributed by atoms with Crippen molar-refractivity contribution >= 4 is 22.8 Å². The first-order valence-electron chi connectivity index (χ1n) is 9.97. The summed E-state index contributed by atoms with van der Waals surface area (Å²) in [6.07, 6.45) is 2.07. The summed E-state index contributed by atoms with van der Waals surface area (Å²) < 4.78 is 1.77. The first-order chi connectivity index (χ1) is 13.5. The number of piperazine rings is 1. The number of likely N-dealkylation sites (tertiary alicyclic amines) is 1. The lowest BCUT2D eigenvalue weighted by Gasteiger charge is -2.37. The van der Waals surface area contributed by atoms with E-state index in [0.29, 0.717) is 5.69 Å². The molecule has 28 heavy (non-hydrogen) atoms. The number of hydrogen-bond acceptors (Lipinski definition) is 4. The van der Waals surface area contributed by atoms with Crippen LogP contribution >= 0.6 is 0 Å². The van der Waals surface area contributed by atoms with Crippen LogP contribution in [0.5, 0.6) is 0 Å². The van der Waals surface area contributed by atoms with Crippen LogP contribution in [-0.4, -0.2) is 82.1 Å². The van der Waals surface area contributed by atoms with Crippen molar-refractivity contribution in [3.8, 4) is 0 Å². The Kier molecular flexibility index (Phi) is 5.12. The Morgan fingerprint density at radius 1 is 1.11 bits per heavy atom. The number of amides is 1. The lowest BCUT2D eigenvalue weighted by molar-refractivity contribution is -0.137. The number of carboxylic acid groups (broad SMARTS) is 1. The molecule has 1 N–H and O–H groups in total. The monoisotopic (exact) mass is 384 g/mol. The molecular weight excluding hydrogens is 356 g/mol. The molecule has 2 fully saturated rings. The summed E-state index contributed by atoms with van der Waals surface area (Å²) in [6, 6.07) is 7.80. The van der Waals surface area contributed by atoms with Gasteiger partial charge in [0.15, 0.2) is 0 Å². The lowest BCUT2D eigenvalue weighted by Crippen LogP contribution is -2.52. The highest BCUT2D eigenvalue weighted by Crippen LogP contribution is 2.25.